The summed E-state index contributed by atoms with van der Waals surface area (Å²) >= 11 is 0. The Labute approximate surface area is 177 Å². The lowest BCUT2D eigenvalue weighted by molar-refractivity contribution is -0.117. The summed E-state index contributed by atoms with van der Waals surface area (Å²) in [6, 6.07) is 15.3. The normalized spacial score (nSPS) is 14.0. The Morgan fingerprint density at radius 2 is 1.63 bits per heavy atom. The van der Waals surface area contributed by atoms with Crippen molar-refractivity contribution in [3.63, 3.8) is 0 Å². The first-order valence-electron chi connectivity index (χ1n) is 10.2. The largest absolute Gasteiger partial charge is 0.462 e. The first-order chi connectivity index (χ1) is 14.6. The highest BCUT2D eigenvalue weighted by atomic mass is 16.5. The SMILES string of the molecule is CCOC(=O)c1ccc(CNC(=NC)NCc2ccc(N3CCCC3=O)cc2)cc1. The second kappa shape index (κ2) is 10.4. The number of aliphatic imine (C=N–C) groups is 1. The molecule has 2 aromatic carbocycles. The van der Waals surface area contributed by atoms with Crippen LogP contribution >= 0.6 is 0 Å². The molecular formula is C23H28N4O3. The van der Waals surface area contributed by atoms with E-state index in [0.717, 1.165) is 29.8 Å². The molecule has 158 valence electrons. The van der Waals surface area contributed by atoms with Crippen molar-refractivity contribution in [3.8, 4) is 0 Å². The number of amides is 1. The molecule has 0 spiro atoms. The maximum absolute atomic E-state index is 11.9. The third-order valence-electron chi connectivity index (χ3n) is 4.93. The maximum Gasteiger partial charge on any atom is 0.338 e. The van der Waals surface area contributed by atoms with E-state index in [1.165, 1.54) is 0 Å². The van der Waals surface area contributed by atoms with Crippen LogP contribution in [0.3, 0.4) is 0 Å². The van der Waals surface area contributed by atoms with Gasteiger partial charge in [0.15, 0.2) is 5.96 Å². The summed E-state index contributed by atoms with van der Waals surface area (Å²) in [6.45, 7) is 4.16. The number of carbonyl (C=O) groups excluding carboxylic acids is 2. The number of anilines is 1. The first kappa shape index (κ1) is 21.4. The zero-order valence-corrected chi connectivity index (χ0v) is 17.5. The number of esters is 1. The Balaban J connectivity index is 1.48. The number of guanidine groups is 1. The number of carbonyl (C=O) groups is 2. The van der Waals surface area contributed by atoms with Gasteiger partial charge >= 0.3 is 5.97 Å². The van der Waals surface area contributed by atoms with Crippen LogP contribution in [0.4, 0.5) is 5.69 Å². The summed E-state index contributed by atoms with van der Waals surface area (Å²) in [6.07, 6.45) is 1.56. The summed E-state index contributed by atoms with van der Waals surface area (Å²) < 4.78 is 5.00. The molecule has 0 radical (unpaired) electrons. The lowest BCUT2D eigenvalue weighted by Gasteiger charge is -2.16. The Kier molecular flexibility index (Phi) is 7.43. The van der Waals surface area contributed by atoms with Gasteiger partial charge in [0, 0.05) is 38.8 Å². The van der Waals surface area contributed by atoms with Gasteiger partial charge in [0.05, 0.1) is 12.2 Å². The fourth-order valence-corrected chi connectivity index (χ4v) is 3.28. The van der Waals surface area contributed by atoms with Crippen molar-refractivity contribution in [2.45, 2.75) is 32.9 Å². The summed E-state index contributed by atoms with van der Waals surface area (Å²) in [5.41, 5.74) is 3.63. The number of nitrogens with one attached hydrogen (secondary N) is 2. The lowest BCUT2D eigenvalue weighted by atomic mass is 10.1. The van der Waals surface area contributed by atoms with E-state index in [1.54, 1.807) is 26.1 Å². The molecule has 2 aromatic rings. The number of rotatable bonds is 7. The average molecular weight is 409 g/mol. The van der Waals surface area contributed by atoms with E-state index in [1.807, 2.05) is 41.3 Å². The van der Waals surface area contributed by atoms with Crippen LogP contribution in [0.2, 0.25) is 0 Å². The van der Waals surface area contributed by atoms with E-state index in [9.17, 15) is 9.59 Å². The molecule has 3 rings (SSSR count). The fourth-order valence-electron chi connectivity index (χ4n) is 3.28. The topological polar surface area (TPSA) is 83.0 Å². The van der Waals surface area contributed by atoms with Crippen molar-refractivity contribution in [2.24, 2.45) is 4.99 Å². The highest BCUT2D eigenvalue weighted by molar-refractivity contribution is 5.95. The highest BCUT2D eigenvalue weighted by Gasteiger charge is 2.21. The van der Waals surface area contributed by atoms with Crippen LogP contribution in [-0.4, -0.2) is 38.0 Å². The third kappa shape index (κ3) is 5.59. The second-order valence-corrected chi connectivity index (χ2v) is 7.01. The van der Waals surface area contributed by atoms with Crippen molar-refractivity contribution < 1.29 is 14.3 Å². The van der Waals surface area contributed by atoms with Crippen molar-refractivity contribution >= 4 is 23.5 Å². The summed E-state index contributed by atoms with van der Waals surface area (Å²) in [4.78, 5) is 29.6. The molecule has 30 heavy (non-hydrogen) atoms. The van der Waals surface area contributed by atoms with Gasteiger partial charge < -0.3 is 20.3 Å². The predicted octanol–water partition coefficient (Wildman–Crippen LogP) is 2.86. The molecule has 1 amide bonds. The molecule has 2 N–H and O–H groups in total. The van der Waals surface area contributed by atoms with E-state index < -0.39 is 0 Å². The highest BCUT2D eigenvalue weighted by Crippen LogP contribution is 2.21. The number of hydrogen-bond donors (Lipinski definition) is 2. The average Bonchev–Trinajstić information content (AvgIpc) is 3.20. The molecular weight excluding hydrogens is 380 g/mol. The zero-order valence-electron chi connectivity index (χ0n) is 17.5. The van der Waals surface area contributed by atoms with Gasteiger partial charge in [0.2, 0.25) is 5.91 Å². The standard InChI is InChI=1S/C23H28N4O3/c1-3-30-22(29)19-10-6-17(7-11-19)15-25-23(24-2)26-16-18-8-12-20(13-9-18)27-14-4-5-21(27)28/h6-13H,3-5,14-16H2,1-2H3,(H2,24,25,26). The zero-order chi connectivity index (χ0) is 21.3. The van der Waals surface area contributed by atoms with Gasteiger partial charge in [-0.1, -0.05) is 24.3 Å². The van der Waals surface area contributed by atoms with E-state index in [-0.39, 0.29) is 11.9 Å². The third-order valence-corrected chi connectivity index (χ3v) is 4.93. The van der Waals surface area contributed by atoms with Crippen molar-refractivity contribution in [1.29, 1.82) is 0 Å². The number of ether oxygens (including phenoxy) is 1. The van der Waals surface area contributed by atoms with Gasteiger partial charge in [0.1, 0.15) is 0 Å². The molecule has 0 aliphatic carbocycles. The van der Waals surface area contributed by atoms with Gasteiger partial charge in [-0.2, -0.15) is 0 Å². The Morgan fingerprint density at radius 1 is 1.03 bits per heavy atom. The number of hydrogen-bond acceptors (Lipinski definition) is 4. The van der Waals surface area contributed by atoms with E-state index >= 15 is 0 Å². The molecule has 1 aliphatic heterocycles. The molecule has 1 heterocycles. The number of benzene rings is 2. The summed E-state index contributed by atoms with van der Waals surface area (Å²) in [5.74, 6) is 0.568. The molecule has 0 atom stereocenters. The monoisotopic (exact) mass is 408 g/mol. The minimum atomic E-state index is -0.311. The first-order valence-corrected chi connectivity index (χ1v) is 10.2. The molecule has 0 bridgehead atoms. The van der Waals surface area contributed by atoms with Crippen molar-refractivity contribution in [2.75, 3.05) is 25.1 Å². The Bertz CT molecular complexity index is 892. The van der Waals surface area contributed by atoms with Gasteiger partial charge in [-0.25, -0.2) is 4.79 Å². The van der Waals surface area contributed by atoms with E-state index in [0.29, 0.717) is 37.6 Å². The van der Waals surface area contributed by atoms with Crippen molar-refractivity contribution in [1.82, 2.24) is 10.6 Å². The minimum absolute atomic E-state index is 0.195. The van der Waals surface area contributed by atoms with E-state index in [4.69, 9.17) is 4.74 Å². The van der Waals surface area contributed by atoms with Gasteiger partial charge in [-0.15, -0.1) is 0 Å². The molecule has 1 fully saturated rings. The van der Waals surface area contributed by atoms with E-state index in [2.05, 4.69) is 15.6 Å². The number of nitrogens with zero attached hydrogens (tertiary/aromatic N) is 2. The Morgan fingerprint density at radius 3 is 2.13 bits per heavy atom. The molecule has 7 heteroatoms. The van der Waals surface area contributed by atoms with Crippen LogP contribution in [0.1, 0.15) is 41.3 Å². The van der Waals surface area contributed by atoms with Gasteiger partial charge in [0.25, 0.3) is 0 Å². The predicted molar refractivity (Wildman–Crippen MR) is 117 cm³/mol. The summed E-state index contributed by atoms with van der Waals surface area (Å²) in [5, 5.41) is 6.55. The van der Waals surface area contributed by atoms with Crippen molar-refractivity contribution in [3.05, 3.63) is 65.2 Å². The van der Waals surface area contributed by atoms with Crippen LogP contribution in [0.15, 0.2) is 53.5 Å². The van der Waals surface area contributed by atoms with Gasteiger partial charge in [-0.3, -0.25) is 9.79 Å². The molecule has 7 nitrogen and oxygen atoms in total. The molecule has 1 saturated heterocycles. The molecule has 0 unspecified atom stereocenters. The molecule has 0 aromatic heterocycles. The van der Waals surface area contributed by atoms with Gasteiger partial charge in [-0.05, 0) is 48.7 Å². The lowest BCUT2D eigenvalue weighted by Crippen LogP contribution is -2.36. The summed E-state index contributed by atoms with van der Waals surface area (Å²) in [7, 11) is 1.72. The fraction of sp³-hybridized carbons (Fsp3) is 0.348. The maximum atomic E-state index is 11.9. The van der Waals surface area contributed by atoms with Crippen LogP contribution in [0.25, 0.3) is 0 Å². The van der Waals surface area contributed by atoms with Crippen LogP contribution in [0, 0.1) is 0 Å². The smallest absolute Gasteiger partial charge is 0.338 e. The quantitative estimate of drug-likeness (QED) is 0.418. The minimum Gasteiger partial charge on any atom is -0.462 e. The van der Waals surface area contributed by atoms with Crippen LogP contribution in [0.5, 0.6) is 0 Å². The van der Waals surface area contributed by atoms with Crippen LogP contribution in [-0.2, 0) is 22.6 Å². The second-order valence-electron chi connectivity index (χ2n) is 7.01. The van der Waals surface area contributed by atoms with Crippen LogP contribution < -0.4 is 15.5 Å². The Hall–Kier alpha value is -3.35. The molecule has 1 aliphatic rings. The molecule has 0 saturated carbocycles.